The monoisotopic (exact) mass is 535 g/mol. The average Bonchev–Trinajstić information content (AvgIpc) is 3.22. The number of aromatic nitrogens is 1. The van der Waals surface area contributed by atoms with Gasteiger partial charge in [0.25, 0.3) is 0 Å². The number of carbonyl (C=O) groups is 1. The second-order valence-corrected chi connectivity index (χ2v) is 10.8. The van der Waals surface area contributed by atoms with E-state index in [9.17, 15) is 4.79 Å². The second-order valence-electron chi connectivity index (χ2n) is 8.96. The van der Waals surface area contributed by atoms with Crippen LogP contribution in [-0.2, 0) is 11.2 Å². The van der Waals surface area contributed by atoms with Crippen molar-refractivity contribution in [3.63, 3.8) is 0 Å². The fourth-order valence-electron chi connectivity index (χ4n) is 5.09. The zero-order valence-electron chi connectivity index (χ0n) is 20.1. The summed E-state index contributed by atoms with van der Waals surface area (Å²) in [6, 6.07) is 11.0. The molecule has 1 fully saturated rings. The molecule has 0 aliphatic carbocycles. The molecule has 4 rings (SSSR count). The lowest BCUT2D eigenvalue weighted by molar-refractivity contribution is -0.136. The number of carboxylic acids is 1. The quantitative estimate of drug-likeness (QED) is 0.324. The lowest BCUT2D eigenvalue weighted by atomic mass is 9.82. The van der Waals surface area contributed by atoms with Gasteiger partial charge in [0, 0.05) is 28.7 Å². The molecule has 1 aliphatic heterocycles. The molecule has 0 amide bonds. The molecule has 0 saturated carbocycles. The van der Waals surface area contributed by atoms with Crippen LogP contribution >= 0.6 is 34.5 Å². The van der Waals surface area contributed by atoms with Crippen LogP contribution in [0.5, 0.6) is 5.75 Å². The van der Waals surface area contributed by atoms with E-state index in [1.54, 1.807) is 29.5 Å². The molecule has 0 bridgehead atoms. The molecule has 35 heavy (non-hydrogen) atoms. The van der Waals surface area contributed by atoms with E-state index >= 15 is 0 Å². The van der Waals surface area contributed by atoms with Crippen LogP contribution in [0.3, 0.4) is 0 Å². The van der Waals surface area contributed by atoms with Gasteiger partial charge in [-0.25, -0.2) is 4.98 Å². The van der Waals surface area contributed by atoms with Gasteiger partial charge >= 0.3 is 5.97 Å². The van der Waals surface area contributed by atoms with Crippen molar-refractivity contribution in [3.8, 4) is 5.75 Å². The summed E-state index contributed by atoms with van der Waals surface area (Å²) in [4.78, 5) is 20.9. The maximum atomic E-state index is 11.1. The summed E-state index contributed by atoms with van der Waals surface area (Å²) in [5.41, 5.74) is 1.68. The highest BCUT2D eigenvalue weighted by atomic mass is 35.5. The number of hydrogen-bond acceptors (Lipinski definition) is 6. The van der Waals surface area contributed by atoms with Gasteiger partial charge in [-0.1, -0.05) is 48.4 Å². The highest BCUT2D eigenvalue weighted by Crippen LogP contribution is 2.37. The van der Waals surface area contributed by atoms with Crippen molar-refractivity contribution in [2.45, 2.75) is 45.1 Å². The predicted molar refractivity (Wildman–Crippen MR) is 145 cm³/mol. The molecule has 188 valence electrons. The first-order valence-corrected chi connectivity index (χ1v) is 13.6. The normalized spacial score (nSPS) is 15.6. The molecule has 0 spiro atoms. The van der Waals surface area contributed by atoms with Crippen LogP contribution in [0.4, 0.5) is 5.13 Å². The third kappa shape index (κ3) is 6.20. The Morgan fingerprint density at radius 1 is 1.14 bits per heavy atom. The average molecular weight is 537 g/mol. The standard InChI is InChI=1S/C26H31Cl2N3O3S/c1-3-31(4-2)26(9-12-34-21-14-18(15-24(32)33)13-20(28)16-21)7-10-30(11-8-26)25-29-22-6-5-19(27)17-23(22)35-25/h5-6,13-14,16-17H,3-4,7-12,15H2,1-2H3,(H,32,33). The number of piperidine rings is 1. The fraction of sp³-hybridized carbons (Fsp3) is 0.462. The Balaban J connectivity index is 1.44. The maximum absolute atomic E-state index is 11.1. The van der Waals surface area contributed by atoms with Crippen LogP contribution < -0.4 is 9.64 Å². The van der Waals surface area contributed by atoms with E-state index in [1.165, 1.54) is 0 Å². The maximum Gasteiger partial charge on any atom is 0.307 e. The van der Waals surface area contributed by atoms with E-state index in [2.05, 4.69) is 23.6 Å². The number of thiazole rings is 1. The number of carboxylic acid groups (broad SMARTS) is 1. The van der Waals surface area contributed by atoms with Crippen molar-refractivity contribution in [2.75, 3.05) is 37.7 Å². The highest BCUT2D eigenvalue weighted by molar-refractivity contribution is 7.22. The minimum Gasteiger partial charge on any atom is -0.493 e. The van der Waals surface area contributed by atoms with Crippen LogP contribution in [0.2, 0.25) is 10.0 Å². The number of benzene rings is 2. The first kappa shape index (κ1) is 26.0. The second kappa shape index (κ2) is 11.3. The van der Waals surface area contributed by atoms with E-state index in [4.69, 9.17) is 38.0 Å². The van der Waals surface area contributed by atoms with Crippen molar-refractivity contribution < 1.29 is 14.6 Å². The number of fused-ring (bicyclic) bond motifs is 1. The summed E-state index contributed by atoms with van der Waals surface area (Å²) >= 11 is 14.1. The first-order valence-electron chi connectivity index (χ1n) is 12.0. The van der Waals surface area contributed by atoms with Crippen LogP contribution in [0.25, 0.3) is 10.2 Å². The molecule has 0 atom stereocenters. The van der Waals surface area contributed by atoms with Crippen molar-refractivity contribution in [2.24, 2.45) is 0 Å². The summed E-state index contributed by atoms with van der Waals surface area (Å²) in [6.07, 6.45) is 2.86. The van der Waals surface area contributed by atoms with Gasteiger partial charge in [-0.15, -0.1) is 0 Å². The number of nitrogens with zero attached hydrogens (tertiary/aromatic N) is 3. The Kier molecular flexibility index (Phi) is 8.42. The zero-order chi connectivity index (χ0) is 25.0. The number of aliphatic carboxylic acids is 1. The number of hydrogen-bond donors (Lipinski definition) is 1. The van der Waals surface area contributed by atoms with E-state index < -0.39 is 5.97 Å². The van der Waals surface area contributed by atoms with Crippen molar-refractivity contribution in [1.82, 2.24) is 9.88 Å². The van der Waals surface area contributed by atoms with E-state index in [1.807, 2.05) is 18.2 Å². The van der Waals surface area contributed by atoms with Crippen molar-refractivity contribution in [1.29, 1.82) is 0 Å². The van der Waals surface area contributed by atoms with Crippen molar-refractivity contribution in [3.05, 3.63) is 52.0 Å². The number of anilines is 1. The molecule has 1 aliphatic rings. The minimum absolute atomic E-state index is 0.0441. The van der Waals surface area contributed by atoms with E-state index in [0.717, 1.165) is 65.8 Å². The van der Waals surface area contributed by atoms with E-state index in [-0.39, 0.29) is 12.0 Å². The molecular formula is C26H31Cl2N3O3S. The molecule has 9 heteroatoms. The Labute approximate surface area is 220 Å². The SMILES string of the molecule is CCN(CC)C1(CCOc2cc(Cl)cc(CC(=O)O)c2)CCN(c2nc3ccc(Cl)cc3s2)CC1. The number of ether oxygens (including phenoxy) is 1. The van der Waals surface area contributed by atoms with Crippen molar-refractivity contribution >= 4 is 55.9 Å². The lowest BCUT2D eigenvalue weighted by Crippen LogP contribution is -2.56. The zero-order valence-corrected chi connectivity index (χ0v) is 22.4. The topological polar surface area (TPSA) is 65.9 Å². The Morgan fingerprint density at radius 3 is 2.57 bits per heavy atom. The molecule has 1 saturated heterocycles. The molecule has 2 heterocycles. The van der Waals surface area contributed by atoms with Gasteiger partial charge in [-0.3, -0.25) is 9.69 Å². The van der Waals surface area contributed by atoms with Gasteiger partial charge in [0.05, 0.1) is 23.2 Å². The van der Waals surface area contributed by atoms with Gasteiger partial charge in [0.2, 0.25) is 0 Å². The summed E-state index contributed by atoms with van der Waals surface area (Å²) in [5.74, 6) is -0.268. The van der Waals surface area contributed by atoms with Crippen LogP contribution in [-0.4, -0.2) is 59.3 Å². The fourth-order valence-corrected chi connectivity index (χ4v) is 6.64. The molecule has 1 N–H and O–H groups in total. The van der Waals surface area contributed by atoms with Gasteiger partial charge in [0.1, 0.15) is 5.75 Å². The molecule has 0 unspecified atom stereocenters. The Hall–Kier alpha value is -2.06. The predicted octanol–water partition coefficient (Wildman–Crippen LogP) is 6.38. The summed E-state index contributed by atoms with van der Waals surface area (Å²) in [6.45, 7) is 8.80. The summed E-state index contributed by atoms with van der Waals surface area (Å²) < 4.78 is 7.21. The van der Waals surface area contributed by atoms with Gasteiger partial charge in [-0.2, -0.15) is 0 Å². The number of halogens is 2. The summed E-state index contributed by atoms with van der Waals surface area (Å²) in [7, 11) is 0. The largest absolute Gasteiger partial charge is 0.493 e. The lowest BCUT2D eigenvalue weighted by Gasteiger charge is -2.48. The molecule has 6 nitrogen and oxygen atoms in total. The van der Waals surface area contributed by atoms with Crippen LogP contribution in [0.1, 0.15) is 38.7 Å². The Morgan fingerprint density at radius 2 is 1.89 bits per heavy atom. The molecular weight excluding hydrogens is 505 g/mol. The highest BCUT2D eigenvalue weighted by Gasteiger charge is 2.39. The minimum atomic E-state index is -0.887. The summed E-state index contributed by atoms with van der Waals surface area (Å²) in [5, 5.41) is 11.4. The molecule has 1 aromatic heterocycles. The van der Waals surface area contributed by atoms with Gasteiger partial charge in [-0.05, 0) is 74.3 Å². The van der Waals surface area contributed by atoms with Gasteiger partial charge in [0.15, 0.2) is 5.13 Å². The van der Waals surface area contributed by atoms with Crippen LogP contribution in [0, 0.1) is 0 Å². The molecule has 2 aromatic carbocycles. The smallest absolute Gasteiger partial charge is 0.307 e. The third-order valence-corrected chi connectivity index (χ3v) is 8.39. The molecule has 3 aromatic rings. The van der Waals surface area contributed by atoms with Gasteiger partial charge < -0.3 is 14.7 Å². The first-order chi connectivity index (χ1) is 16.8. The third-order valence-electron chi connectivity index (χ3n) is 6.86. The number of rotatable bonds is 10. The van der Waals surface area contributed by atoms with E-state index in [0.29, 0.717) is 22.9 Å². The Bertz CT molecular complexity index is 1170. The molecule has 0 radical (unpaired) electrons. The van der Waals surface area contributed by atoms with Crippen LogP contribution in [0.15, 0.2) is 36.4 Å².